The van der Waals surface area contributed by atoms with Crippen LogP contribution in [0.25, 0.3) is 10.9 Å². The van der Waals surface area contributed by atoms with E-state index >= 15 is 0 Å². The monoisotopic (exact) mass is 588 g/mol. The molecule has 214 valence electrons. The highest BCUT2D eigenvalue weighted by Gasteiger charge is 2.53. The van der Waals surface area contributed by atoms with Crippen molar-refractivity contribution in [3.63, 3.8) is 0 Å². The number of nitrogens with zero attached hydrogens (tertiary/aromatic N) is 2. The Hall–Kier alpha value is -4.88. The minimum atomic E-state index is -0.640. The standard InChI is InChI=1S/C35H29ClN4O3/c1-21-7-2-3-10-26(21)32-31-28(27-11-4-5-12-29(27)38-31)20-30-34(42)39(35(43)40(30)32)25-15-13-23(14-16-25)33(41)37-18-17-22-8-6-9-24(36)19-22/h2-16,19,30,32,38H,17-18,20H2,1H3,(H,37,41). The molecule has 0 radical (unpaired) electrons. The molecule has 0 saturated carbocycles. The smallest absolute Gasteiger partial charge is 0.332 e. The van der Waals surface area contributed by atoms with Crippen molar-refractivity contribution in [2.45, 2.75) is 31.8 Å². The summed E-state index contributed by atoms with van der Waals surface area (Å²) in [6, 6.07) is 28.8. The molecule has 43 heavy (non-hydrogen) atoms. The van der Waals surface area contributed by atoms with Crippen LogP contribution >= 0.6 is 11.6 Å². The molecule has 0 aliphatic carbocycles. The zero-order valence-corrected chi connectivity index (χ0v) is 24.3. The lowest BCUT2D eigenvalue weighted by Crippen LogP contribution is -2.44. The molecule has 0 spiro atoms. The van der Waals surface area contributed by atoms with Crippen LogP contribution in [0.1, 0.15) is 44.3 Å². The van der Waals surface area contributed by atoms with E-state index in [2.05, 4.69) is 16.4 Å². The second-order valence-corrected chi connectivity index (χ2v) is 11.5. The van der Waals surface area contributed by atoms with Gasteiger partial charge in [-0.3, -0.25) is 14.5 Å². The molecule has 2 atom stereocenters. The third-order valence-electron chi connectivity index (χ3n) is 8.51. The number of para-hydroxylation sites is 1. The third kappa shape index (κ3) is 4.66. The first-order chi connectivity index (χ1) is 20.9. The molecule has 1 fully saturated rings. The number of halogens is 1. The van der Waals surface area contributed by atoms with Crippen molar-refractivity contribution in [2.24, 2.45) is 0 Å². The van der Waals surface area contributed by atoms with E-state index in [0.717, 1.165) is 38.9 Å². The van der Waals surface area contributed by atoms with Gasteiger partial charge < -0.3 is 10.3 Å². The summed E-state index contributed by atoms with van der Waals surface area (Å²) in [4.78, 5) is 47.4. The molecule has 1 aromatic heterocycles. The van der Waals surface area contributed by atoms with Gasteiger partial charge in [0.1, 0.15) is 12.1 Å². The Morgan fingerprint density at radius 1 is 0.953 bits per heavy atom. The molecule has 7 rings (SSSR count). The van der Waals surface area contributed by atoms with Gasteiger partial charge in [0, 0.05) is 40.1 Å². The number of amides is 4. The van der Waals surface area contributed by atoms with Crippen LogP contribution in [0.2, 0.25) is 5.02 Å². The predicted molar refractivity (Wildman–Crippen MR) is 167 cm³/mol. The molecule has 4 aromatic carbocycles. The molecule has 7 nitrogen and oxygen atoms in total. The van der Waals surface area contributed by atoms with Gasteiger partial charge in [0.2, 0.25) is 0 Å². The van der Waals surface area contributed by atoms with Crippen molar-refractivity contribution in [3.8, 4) is 0 Å². The van der Waals surface area contributed by atoms with Crippen LogP contribution in [-0.4, -0.2) is 40.3 Å². The first-order valence-electron chi connectivity index (χ1n) is 14.3. The fourth-order valence-corrected chi connectivity index (χ4v) is 6.62. The molecule has 0 bridgehead atoms. The van der Waals surface area contributed by atoms with Crippen molar-refractivity contribution < 1.29 is 14.4 Å². The lowest BCUT2D eigenvalue weighted by atomic mass is 9.87. The number of fused-ring (bicyclic) bond motifs is 4. The number of rotatable bonds is 6. The maximum atomic E-state index is 14.1. The molecule has 2 aliphatic rings. The fourth-order valence-electron chi connectivity index (χ4n) is 6.41. The number of aromatic nitrogens is 1. The van der Waals surface area contributed by atoms with Crippen LogP contribution < -0.4 is 10.2 Å². The van der Waals surface area contributed by atoms with E-state index in [1.54, 1.807) is 29.2 Å². The summed E-state index contributed by atoms with van der Waals surface area (Å²) in [6.07, 6.45) is 1.08. The summed E-state index contributed by atoms with van der Waals surface area (Å²) >= 11 is 6.05. The van der Waals surface area contributed by atoms with Crippen LogP contribution in [0.5, 0.6) is 0 Å². The Kier molecular flexibility index (Phi) is 6.75. The molecule has 8 heteroatoms. The average Bonchev–Trinajstić information content (AvgIpc) is 3.50. The normalized spacial score (nSPS) is 17.7. The minimum Gasteiger partial charge on any atom is -0.356 e. The Labute approximate surface area is 254 Å². The highest BCUT2D eigenvalue weighted by molar-refractivity contribution is 6.30. The highest BCUT2D eigenvalue weighted by Crippen LogP contribution is 2.45. The van der Waals surface area contributed by atoms with Gasteiger partial charge in [-0.25, -0.2) is 9.69 Å². The summed E-state index contributed by atoms with van der Waals surface area (Å²) in [6.45, 7) is 2.48. The van der Waals surface area contributed by atoms with E-state index in [1.807, 2.05) is 73.7 Å². The number of H-pyrrole nitrogens is 1. The number of hydrogen-bond acceptors (Lipinski definition) is 3. The number of urea groups is 1. The van der Waals surface area contributed by atoms with Crippen LogP contribution in [-0.2, 0) is 17.6 Å². The van der Waals surface area contributed by atoms with Crippen LogP contribution in [0.15, 0.2) is 97.1 Å². The summed E-state index contributed by atoms with van der Waals surface area (Å²) in [7, 11) is 0. The summed E-state index contributed by atoms with van der Waals surface area (Å²) in [5.41, 5.74) is 6.95. The first-order valence-corrected chi connectivity index (χ1v) is 14.7. The van der Waals surface area contributed by atoms with Gasteiger partial charge in [0.15, 0.2) is 0 Å². The average molecular weight is 589 g/mol. The number of nitrogens with one attached hydrogen (secondary N) is 2. The number of benzene rings is 4. The Bertz CT molecular complexity index is 1900. The number of imide groups is 1. The van der Waals surface area contributed by atoms with Crippen LogP contribution in [0, 0.1) is 6.92 Å². The molecular formula is C35H29ClN4O3. The Morgan fingerprint density at radius 3 is 2.51 bits per heavy atom. The topological polar surface area (TPSA) is 85.5 Å². The van der Waals surface area contributed by atoms with Crippen LogP contribution in [0.4, 0.5) is 10.5 Å². The van der Waals surface area contributed by atoms with Gasteiger partial charge in [-0.05, 0) is 78.1 Å². The van der Waals surface area contributed by atoms with E-state index in [0.29, 0.717) is 35.7 Å². The molecule has 3 heterocycles. The van der Waals surface area contributed by atoms with Gasteiger partial charge in [0.05, 0.1) is 5.69 Å². The Balaban J connectivity index is 1.16. The van der Waals surface area contributed by atoms with E-state index < -0.39 is 12.1 Å². The molecule has 2 unspecified atom stereocenters. The van der Waals surface area contributed by atoms with E-state index in [-0.39, 0.29) is 17.8 Å². The van der Waals surface area contributed by atoms with Gasteiger partial charge >= 0.3 is 6.03 Å². The third-order valence-corrected chi connectivity index (χ3v) is 8.74. The zero-order valence-electron chi connectivity index (χ0n) is 23.5. The van der Waals surface area contributed by atoms with Crippen molar-refractivity contribution in [2.75, 3.05) is 11.4 Å². The second-order valence-electron chi connectivity index (χ2n) is 11.1. The number of carbonyl (C=O) groups is 3. The lowest BCUT2D eigenvalue weighted by molar-refractivity contribution is -0.120. The van der Waals surface area contributed by atoms with Crippen LogP contribution in [0.3, 0.4) is 0 Å². The molecule has 2 aliphatic heterocycles. The Morgan fingerprint density at radius 2 is 1.72 bits per heavy atom. The fraction of sp³-hybridized carbons (Fsp3) is 0.171. The number of anilines is 1. The number of aryl methyl sites for hydroxylation is 1. The second kappa shape index (κ2) is 10.7. The largest absolute Gasteiger partial charge is 0.356 e. The maximum absolute atomic E-state index is 14.1. The first kappa shape index (κ1) is 27.0. The molecule has 4 amide bonds. The van der Waals surface area contributed by atoms with Crippen molar-refractivity contribution in [3.05, 3.63) is 136 Å². The van der Waals surface area contributed by atoms with Gasteiger partial charge in [-0.2, -0.15) is 0 Å². The van der Waals surface area contributed by atoms with Crippen molar-refractivity contribution in [1.82, 2.24) is 15.2 Å². The van der Waals surface area contributed by atoms with Crippen molar-refractivity contribution in [1.29, 1.82) is 0 Å². The highest BCUT2D eigenvalue weighted by atomic mass is 35.5. The van der Waals surface area contributed by atoms with E-state index in [9.17, 15) is 14.4 Å². The summed E-state index contributed by atoms with van der Waals surface area (Å²) in [5.74, 6) is -0.492. The van der Waals surface area contributed by atoms with Gasteiger partial charge in [-0.15, -0.1) is 0 Å². The summed E-state index contributed by atoms with van der Waals surface area (Å²) in [5, 5.41) is 4.65. The number of aromatic amines is 1. The van der Waals surface area contributed by atoms with Gasteiger partial charge in [-0.1, -0.05) is 66.2 Å². The quantitative estimate of drug-likeness (QED) is 0.220. The zero-order chi connectivity index (χ0) is 29.7. The lowest BCUT2D eigenvalue weighted by Gasteiger charge is -2.36. The minimum absolute atomic E-state index is 0.227. The van der Waals surface area contributed by atoms with E-state index in [4.69, 9.17) is 11.6 Å². The predicted octanol–water partition coefficient (Wildman–Crippen LogP) is 6.59. The SMILES string of the molecule is Cc1ccccc1C1c2[nH]c3ccccc3c2CC2C(=O)N(c3ccc(C(=O)NCCc4cccc(Cl)c4)cc3)C(=O)N21. The molecular weight excluding hydrogens is 560 g/mol. The maximum Gasteiger partial charge on any atom is 0.332 e. The molecule has 5 aromatic rings. The van der Waals surface area contributed by atoms with Crippen molar-refractivity contribution >= 4 is 46.0 Å². The molecule has 1 saturated heterocycles. The number of hydrogen-bond donors (Lipinski definition) is 2. The molecule has 2 N–H and O–H groups in total. The van der Waals surface area contributed by atoms with Gasteiger partial charge in [0.25, 0.3) is 11.8 Å². The summed E-state index contributed by atoms with van der Waals surface area (Å²) < 4.78 is 0. The number of carbonyl (C=O) groups excluding carboxylic acids is 3. The van der Waals surface area contributed by atoms with E-state index in [1.165, 1.54) is 4.90 Å².